The first-order valence-electron chi connectivity index (χ1n) is 10.8. The Hall–Kier alpha value is -4.38. The number of nitrogens with zero attached hydrogens (tertiary/aromatic N) is 1. The van der Waals surface area contributed by atoms with Crippen LogP contribution in [-0.4, -0.2) is 50.1 Å². The Morgan fingerprint density at radius 2 is 1.94 bits per heavy atom. The van der Waals surface area contributed by atoms with E-state index in [2.05, 4.69) is 33.6 Å². The van der Waals surface area contributed by atoms with Gasteiger partial charge in [0.05, 0.1) is 30.9 Å². The normalized spacial score (nSPS) is 14.9. The number of methoxy groups -OCH3 is 2. The maximum Gasteiger partial charge on any atom is 0.250 e. The number of rotatable bonds is 6. The number of carbonyl (C=O) groups is 2. The van der Waals surface area contributed by atoms with Gasteiger partial charge in [-0.05, 0) is 36.8 Å². The summed E-state index contributed by atoms with van der Waals surface area (Å²) in [6.07, 6.45) is 3.85. The van der Waals surface area contributed by atoms with E-state index < -0.39 is 5.91 Å². The third kappa shape index (κ3) is 4.55. The van der Waals surface area contributed by atoms with Gasteiger partial charge in [-0.25, -0.2) is 0 Å². The smallest absolute Gasteiger partial charge is 0.250 e. The van der Waals surface area contributed by atoms with E-state index in [4.69, 9.17) is 15.2 Å². The molecular formula is C26H26N4O4. The molecule has 0 spiro atoms. The third-order valence-electron chi connectivity index (χ3n) is 5.83. The number of primary amides is 1. The maximum atomic E-state index is 12.1. The molecule has 1 aromatic heterocycles. The van der Waals surface area contributed by atoms with E-state index in [9.17, 15) is 9.59 Å². The van der Waals surface area contributed by atoms with Crippen LogP contribution in [0, 0.1) is 11.8 Å². The van der Waals surface area contributed by atoms with E-state index in [-0.39, 0.29) is 11.9 Å². The molecule has 4 rings (SSSR count). The molecule has 0 unspecified atom stereocenters. The first-order valence-corrected chi connectivity index (χ1v) is 10.8. The third-order valence-corrected chi connectivity index (χ3v) is 5.83. The zero-order valence-corrected chi connectivity index (χ0v) is 19.1. The van der Waals surface area contributed by atoms with E-state index in [1.807, 2.05) is 18.2 Å². The fourth-order valence-electron chi connectivity index (χ4n) is 4.17. The van der Waals surface area contributed by atoms with Crippen molar-refractivity contribution in [3.63, 3.8) is 0 Å². The van der Waals surface area contributed by atoms with E-state index >= 15 is 0 Å². The van der Waals surface area contributed by atoms with Crippen molar-refractivity contribution in [2.24, 2.45) is 5.73 Å². The summed E-state index contributed by atoms with van der Waals surface area (Å²) in [5.74, 6) is 6.95. The molecule has 1 atom stereocenters. The number of aromatic nitrogens is 1. The molecule has 0 bridgehead atoms. The number of amides is 2. The lowest BCUT2D eigenvalue weighted by atomic mass is 10.0. The fourth-order valence-corrected chi connectivity index (χ4v) is 4.17. The molecule has 8 nitrogen and oxygen atoms in total. The summed E-state index contributed by atoms with van der Waals surface area (Å²) in [5.41, 5.74) is 9.03. The minimum Gasteiger partial charge on any atom is -0.497 e. The molecule has 4 N–H and O–H groups in total. The minimum atomic E-state index is -0.520. The van der Waals surface area contributed by atoms with Crippen molar-refractivity contribution >= 4 is 28.4 Å². The van der Waals surface area contributed by atoms with E-state index in [1.54, 1.807) is 32.5 Å². The highest BCUT2D eigenvalue weighted by Crippen LogP contribution is 2.34. The van der Waals surface area contributed by atoms with Crippen LogP contribution in [0.3, 0.4) is 0 Å². The number of fused-ring (bicyclic) bond motifs is 1. The van der Waals surface area contributed by atoms with Gasteiger partial charge in [-0.1, -0.05) is 18.4 Å². The Morgan fingerprint density at radius 1 is 1.21 bits per heavy atom. The number of benzene rings is 2. The lowest BCUT2D eigenvalue weighted by Gasteiger charge is -2.21. The Morgan fingerprint density at radius 3 is 2.59 bits per heavy atom. The summed E-state index contributed by atoms with van der Waals surface area (Å²) in [7, 11) is 3.17. The zero-order valence-electron chi connectivity index (χ0n) is 19.1. The largest absolute Gasteiger partial charge is 0.497 e. The van der Waals surface area contributed by atoms with Gasteiger partial charge in [-0.3, -0.25) is 9.59 Å². The van der Waals surface area contributed by atoms with Gasteiger partial charge in [0.25, 0.3) is 5.91 Å². The second-order valence-corrected chi connectivity index (χ2v) is 7.94. The monoisotopic (exact) mass is 458 g/mol. The number of ether oxygens (including phenoxy) is 2. The van der Waals surface area contributed by atoms with Crippen molar-refractivity contribution in [3.8, 4) is 23.3 Å². The number of aromatic amines is 1. The average molecular weight is 459 g/mol. The molecule has 2 heterocycles. The second kappa shape index (κ2) is 9.63. The van der Waals surface area contributed by atoms with Gasteiger partial charge in [-0.15, -0.1) is 0 Å². The first kappa shape index (κ1) is 22.8. The van der Waals surface area contributed by atoms with E-state index in [1.165, 1.54) is 6.08 Å². The van der Waals surface area contributed by atoms with Crippen molar-refractivity contribution in [1.82, 2.24) is 10.3 Å². The second-order valence-electron chi connectivity index (χ2n) is 7.94. The Bertz CT molecular complexity index is 1310. The first-order chi connectivity index (χ1) is 16.4. The van der Waals surface area contributed by atoms with Crippen LogP contribution in [0.2, 0.25) is 0 Å². The average Bonchev–Trinajstić information content (AvgIpc) is 3.49. The molecule has 0 radical (unpaired) electrons. The van der Waals surface area contributed by atoms with E-state index in [0.29, 0.717) is 29.1 Å². The quantitative estimate of drug-likeness (QED) is 0.389. The number of hydrogen-bond acceptors (Lipinski definition) is 5. The molecule has 34 heavy (non-hydrogen) atoms. The Kier molecular flexibility index (Phi) is 6.46. The van der Waals surface area contributed by atoms with Crippen LogP contribution < -0.4 is 25.4 Å². The molecule has 8 heteroatoms. The lowest BCUT2D eigenvalue weighted by molar-refractivity contribution is -0.117. The standard InChI is InChI=1S/C26H26N4O4/c1-4-23(31)29-18-9-10-30(15-18)22-8-7-21(26(27)32)25-24(22)17(14-28-25)6-5-16-11-19(33-2)13-20(12-16)34-3/h4,7-8,11-14,18,28H,1,9-10,15H2,2-3H3,(H2,27,32)(H,29,31)/t18-/m1/s1. The molecule has 3 aromatic rings. The summed E-state index contributed by atoms with van der Waals surface area (Å²) in [6, 6.07) is 9.04. The van der Waals surface area contributed by atoms with Crippen molar-refractivity contribution < 1.29 is 19.1 Å². The highest BCUT2D eigenvalue weighted by molar-refractivity contribution is 6.10. The number of carbonyl (C=O) groups excluding carboxylic acids is 2. The summed E-state index contributed by atoms with van der Waals surface area (Å²) in [5, 5.41) is 3.76. The number of nitrogens with one attached hydrogen (secondary N) is 2. The lowest BCUT2D eigenvalue weighted by Crippen LogP contribution is -2.36. The molecule has 1 aliphatic rings. The van der Waals surface area contributed by atoms with Crippen LogP contribution >= 0.6 is 0 Å². The molecular weight excluding hydrogens is 432 g/mol. The highest BCUT2D eigenvalue weighted by atomic mass is 16.5. The van der Waals surface area contributed by atoms with Gasteiger partial charge in [0.2, 0.25) is 5.91 Å². The van der Waals surface area contributed by atoms with Gasteiger partial charge in [0.15, 0.2) is 0 Å². The van der Waals surface area contributed by atoms with Crippen LogP contribution in [0.1, 0.15) is 27.9 Å². The van der Waals surface area contributed by atoms with Gasteiger partial charge in [-0.2, -0.15) is 0 Å². The number of hydrogen-bond donors (Lipinski definition) is 3. The van der Waals surface area contributed by atoms with Crippen LogP contribution in [0.25, 0.3) is 10.9 Å². The van der Waals surface area contributed by atoms with Crippen LogP contribution in [0.4, 0.5) is 5.69 Å². The molecule has 2 amide bonds. The topological polar surface area (TPSA) is 110 Å². The molecule has 174 valence electrons. The molecule has 1 aliphatic heterocycles. The summed E-state index contributed by atoms with van der Waals surface area (Å²) >= 11 is 0. The SMILES string of the molecule is C=CC(=O)N[C@@H]1CCN(c2ccc(C(N)=O)c3[nH]cc(C#Cc4cc(OC)cc(OC)c4)c23)C1. The predicted octanol–water partition coefficient (Wildman–Crippen LogP) is 2.56. The van der Waals surface area contributed by atoms with Gasteiger partial charge < -0.3 is 30.4 Å². The predicted molar refractivity (Wildman–Crippen MR) is 131 cm³/mol. The number of nitrogens with two attached hydrogens (primary N) is 1. The van der Waals surface area contributed by atoms with Crippen molar-refractivity contribution in [3.05, 3.63) is 65.9 Å². The summed E-state index contributed by atoms with van der Waals surface area (Å²) in [4.78, 5) is 29.1. The maximum absolute atomic E-state index is 12.1. The molecule has 0 aliphatic carbocycles. The molecule has 0 saturated carbocycles. The fraction of sp³-hybridized carbons (Fsp3) is 0.231. The zero-order chi connectivity index (χ0) is 24.2. The van der Waals surface area contributed by atoms with Crippen LogP contribution in [0.15, 0.2) is 49.2 Å². The van der Waals surface area contributed by atoms with Crippen molar-refractivity contribution in [1.29, 1.82) is 0 Å². The van der Waals surface area contributed by atoms with Gasteiger partial charge >= 0.3 is 0 Å². The molecule has 1 saturated heterocycles. The molecule has 2 aromatic carbocycles. The minimum absolute atomic E-state index is 0.00842. The van der Waals surface area contributed by atoms with Gasteiger partial charge in [0.1, 0.15) is 11.5 Å². The van der Waals surface area contributed by atoms with Crippen LogP contribution in [0.5, 0.6) is 11.5 Å². The van der Waals surface area contributed by atoms with Crippen molar-refractivity contribution in [2.45, 2.75) is 12.5 Å². The summed E-state index contributed by atoms with van der Waals surface area (Å²) < 4.78 is 10.7. The molecule has 1 fully saturated rings. The van der Waals surface area contributed by atoms with Crippen molar-refractivity contribution in [2.75, 3.05) is 32.2 Å². The Balaban J connectivity index is 1.76. The Labute approximate surface area is 197 Å². The number of anilines is 1. The van der Waals surface area contributed by atoms with Crippen LogP contribution in [-0.2, 0) is 4.79 Å². The van der Waals surface area contributed by atoms with Gasteiger partial charge in [0, 0.05) is 48.0 Å². The number of H-pyrrole nitrogens is 1. The van der Waals surface area contributed by atoms with E-state index in [0.717, 1.165) is 35.2 Å². The highest BCUT2D eigenvalue weighted by Gasteiger charge is 2.26. The summed E-state index contributed by atoms with van der Waals surface area (Å²) in [6.45, 7) is 4.90.